The number of benzene rings is 2. The number of hydrogen-bond donors (Lipinski definition) is 0. The first-order valence-corrected chi connectivity index (χ1v) is 7.13. The second-order valence-corrected chi connectivity index (χ2v) is 5.61. The molecule has 0 aromatic heterocycles. The summed E-state index contributed by atoms with van der Waals surface area (Å²) in [6.07, 6.45) is 0.617. The van der Waals surface area contributed by atoms with E-state index in [1.54, 1.807) is 12.1 Å². The minimum atomic E-state index is -0.431. The van der Waals surface area contributed by atoms with E-state index < -0.39 is 4.92 Å². The maximum Gasteiger partial charge on any atom is 0.269 e. The van der Waals surface area contributed by atoms with Crippen molar-refractivity contribution in [2.45, 2.75) is 33.1 Å². The Labute approximate surface area is 130 Å². The highest BCUT2D eigenvalue weighted by molar-refractivity contribution is 5.41. The number of nitro benzene ring substituents is 1. The average molecular weight is 294 g/mol. The minimum Gasteiger partial charge on any atom is -0.258 e. The normalized spacial score (nSPS) is 11.7. The molecule has 4 heteroatoms. The van der Waals surface area contributed by atoms with Gasteiger partial charge in [-0.15, -0.1) is 0 Å². The minimum absolute atomic E-state index is 0.0446. The molecule has 2 aromatic carbocycles. The number of nitrogens with zero attached hydrogens (tertiary/aromatic N) is 2. The predicted octanol–water partition coefficient (Wildman–Crippen LogP) is 4.37. The van der Waals surface area contributed by atoms with Gasteiger partial charge in [0.05, 0.1) is 16.9 Å². The van der Waals surface area contributed by atoms with Crippen molar-refractivity contribution in [2.75, 3.05) is 0 Å². The molecule has 0 N–H and O–H groups in total. The maximum atomic E-state index is 10.7. The van der Waals surface area contributed by atoms with E-state index in [1.807, 2.05) is 0 Å². The van der Waals surface area contributed by atoms with Crippen LogP contribution in [-0.2, 0) is 6.42 Å². The molecule has 0 saturated carbocycles. The Morgan fingerprint density at radius 3 is 2.14 bits per heavy atom. The summed E-state index contributed by atoms with van der Waals surface area (Å²) in [6.45, 7) is 6.17. The Balaban J connectivity index is 2.30. The summed E-state index contributed by atoms with van der Waals surface area (Å²) in [6, 6.07) is 12.8. The monoisotopic (exact) mass is 294 g/mol. The van der Waals surface area contributed by atoms with Crippen molar-refractivity contribution < 1.29 is 4.92 Å². The first-order valence-electron chi connectivity index (χ1n) is 7.13. The van der Waals surface area contributed by atoms with Gasteiger partial charge in [0.2, 0.25) is 0 Å². The summed E-state index contributed by atoms with van der Waals surface area (Å²) in [7, 11) is 0. The number of nitro groups is 1. The van der Waals surface area contributed by atoms with Gasteiger partial charge in [0.25, 0.3) is 5.69 Å². The molecule has 2 rings (SSSR count). The highest BCUT2D eigenvalue weighted by Crippen LogP contribution is 2.26. The lowest BCUT2D eigenvalue weighted by molar-refractivity contribution is -0.384. The molecule has 0 spiro atoms. The predicted molar refractivity (Wildman–Crippen MR) is 85.8 cm³/mol. The van der Waals surface area contributed by atoms with Crippen LogP contribution >= 0.6 is 0 Å². The lowest BCUT2D eigenvalue weighted by Gasteiger charge is -2.15. The highest BCUT2D eigenvalue weighted by atomic mass is 16.6. The number of aryl methyl sites for hydroxylation is 3. The molecule has 22 heavy (non-hydrogen) atoms. The highest BCUT2D eigenvalue weighted by Gasteiger charge is 2.16. The van der Waals surface area contributed by atoms with Gasteiger partial charge in [0.1, 0.15) is 0 Å². The van der Waals surface area contributed by atoms with E-state index in [0.717, 1.165) is 5.56 Å². The van der Waals surface area contributed by atoms with Gasteiger partial charge in [0.15, 0.2) is 0 Å². The molecule has 0 radical (unpaired) electrons. The van der Waals surface area contributed by atoms with Crippen LogP contribution in [0.1, 0.15) is 33.7 Å². The Bertz CT molecular complexity index is 720. The first-order chi connectivity index (χ1) is 10.4. The standard InChI is InChI=1S/C18H18N2O2/c1-12-8-13(2)18(14(3)9-12)10-16(11-19)15-4-6-17(7-5-15)20(21)22/h4-9,16H,10H2,1-3H3. The van der Waals surface area contributed by atoms with E-state index in [9.17, 15) is 15.4 Å². The van der Waals surface area contributed by atoms with Crippen LogP contribution < -0.4 is 0 Å². The lowest BCUT2D eigenvalue weighted by Crippen LogP contribution is -2.04. The van der Waals surface area contributed by atoms with Crippen molar-refractivity contribution >= 4 is 5.69 Å². The van der Waals surface area contributed by atoms with Crippen LogP contribution in [0.3, 0.4) is 0 Å². The second-order valence-electron chi connectivity index (χ2n) is 5.61. The largest absolute Gasteiger partial charge is 0.269 e. The number of rotatable bonds is 4. The van der Waals surface area contributed by atoms with Crippen molar-refractivity contribution in [1.82, 2.24) is 0 Å². The van der Waals surface area contributed by atoms with Crippen LogP contribution in [-0.4, -0.2) is 4.92 Å². The Morgan fingerprint density at radius 2 is 1.68 bits per heavy atom. The molecule has 0 saturated heterocycles. The van der Waals surface area contributed by atoms with E-state index >= 15 is 0 Å². The number of nitriles is 1. The SMILES string of the molecule is Cc1cc(C)c(CC(C#N)c2ccc([N+](=O)[O-])cc2)c(C)c1. The van der Waals surface area contributed by atoms with Gasteiger partial charge in [-0.05, 0) is 49.4 Å². The van der Waals surface area contributed by atoms with Crippen molar-refractivity contribution in [3.63, 3.8) is 0 Å². The fourth-order valence-electron chi connectivity index (χ4n) is 2.80. The van der Waals surface area contributed by atoms with Crippen molar-refractivity contribution in [2.24, 2.45) is 0 Å². The maximum absolute atomic E-state index is 10.7. The lowest BCUT2D eigenvalue weighted by atomic mass is 9.88. The van der Waals surface area contributed by atoms with Gasteiger partial charge < -0.3 is 0 Å². The fraction of sp³-hybridized carbons (Fsp3) is 0.278. The number of hydrogen-bond acceptors (Lipinski definition) is 3. The summed E-state index contributed by atoms with van der Waals surface area (Å²) < 4.78 is 0. The smallest absolute Gasteiger partial charge is 0.258 e. The molecule has 0 bridgehead atoms. The summed E-state index contributed by atoms with van der Waals surface area (Å²) in [5, 5.41) is 20.2. The van der Waals surface area contributed by atoms with Gasteiger partial charge in [0, 0.05) is 12.1 Å². The first kappa shape index (κ1) is 15.7. The number of non-ortho nitro benzene ring substituents is 1. The zero-order valence-corrected chi connectivity index (χ0v) is 13.0. The molecular weight excluding hydrogens is 276 g/mol. The summed E-state index contributed by atoms with van der Waals surface area (Å²) >= 11 is 0. The summed E-state index contributed by atoms with van der Waals surface area (Å²) in [5.74, 6) is -0.305. The van der Waals surface area contributed by atoms with Crippen LogP contribution in [0.25, 0.3) is 0 Å². The van der Waals surface area contributed by atoms with Crippen LogP contribution in [0.2, 0.25) is 0 Å². The van der Waals surface area contributed by atoms with Gasteiger partial charge in [-0.3, -0.25) is 10.1 Å². The van der Waals surface area contributed by atoms with Crippen LogP contribution in [0.15, 0.2) is 36.4 Å². The molecular formula is C18H18N2O2. The van der Waals surface area contributed by atoms with Gasteiger partial charge in [-0.1, -0.05) is 29.8 Å². The molecule has 112 valence electrons. The van der Waals surface area contributed by atoms with Crippen molar-refractivity contribution in [3.8, 4) is 6.07 Å². The van der Waals surface area contributed by atoms with Crippen LogP contribution in [0, 0.1) is 42.2 Å². The third-order valence-electron chi connectivity index (χ3n) is 3.91. The zero-order valence-electron chi connectivity index (χ0n) is 13.0. The van der Waals surface area contributed by atoms with Crippen LogP contribution in [0.5, 0.6) is 0 Å². The van der Waals surface area contributed by atoms with E-state index in [-0.39, 0.29) is 11.6 Å². The molecule has 0 amide bonds. The Hall–Kier alpha value is -2.67. The van der Waals surface area contributed by atoms with E-state index in [4.69, 9.17) is 0 Å². The third-order valence-corrected chi connectivity index (χ3v) is 3.91. The van der Waals surface area contributed by atoms with E-state index in [2.05, 4.69) is 39.0 Å². The summed E-state index contributed by atoms with van der Waals surface area (Å²) in [5.41, 5.74) is 5.60. The summed E-state index contributed by atoms with van der Waals surface area (Å²) in [4.78, 5) is 10.3. The molecule has 0 heterocycles. The molecule has 2 aromatic rings. The molecule has 4 nitrogen and oxygen atoms in total. The third kappa shape index (κ3) is 3.32. The Kier molecular flexibility index (Phi) is 4.57. The van der Waals surface area contributed by atoms with E-state index in [1.165, 1.54) is 34.4 Å². The van der Waals surface area contributed by atoms with Gasteiger partial charge in [-0.25, -0.2) is 0 Å². The second kappa shape index (κ2) is 6.40. The van der Waals surface area contributed by atoms with Gasteiger partial charge >= 0.3 is 0 Å². The topological polar surface area (TPSA) is 66.9 Å². The molecule has 0 fully saturated rings. The molecule has 1 unspecified atom stereocenters. The Morgan fingerprint density at radius 1 is 1.14 bits per heavy atom. The van der Waals surface area contributed by atoms with Crippen molar-refractivity contribution in [3.05, 3.63) is 74.3 Å². The molecule has 0 aliphatic carbocycles. The molecule has 0 aliphatic heterocycles. The molecule has 1 atom stereocenters. The zero-order chi connectivity index (χ0) is 16.3. The quantitative estimate of drug-likeness (QED) is 0.621. The van der Waals surface area contributed by atoms with E-state index in [0.29, 0.717) is 6.42 Å². The fourth-order valence-corrected chi connectivity index (χ4v) is 2.80. The molecule has 0 aliphatic rings. The van der Waals surface area contributed by atoms with Crippen molar-refractivity contribution in [1.29, 1.82) is 5.26 Å². The van der Waals surface area contributed by atoms with Crippen LogP contribution in [0.4, 0.5) is 5.69 Å². The van der Waals surface area contributed by atoms with Gasteiger partial charge in [-0.2, -0.15) is 5.26 Å². The average Bonchev–Trinajstić information content (AvgIpc) is 2.47.